The van der Waals surface area contributed by atoms with E-state index in [2.05, 4.69) is 32.4 Å². The van der Waals surface area contributed by atoms with Crippen molar-refractivity contribution in [2.75, 3.05) is 0 Å². The highest BCUT2D eigenvalue weighted by molar-refractivity contribution is 7.90. The summed E-state index contributed by atoms with van der Waals surface area (Å²) in [5.41, 5.74) is 0.184. The van der Waals surface area contributed by atoms with E-state index in [1.54, 1.807) is 13.8 Å². The van der Waals surface area contributed by atoms with Crippen molar-refractivity contribution >= 4 is 15.9 Å². The third-order valence-corrected chi connectivity index (χ3v) is 12.5. The van der Waals surface area contributed by atoms with E-state index >= 15 is 0 Å². The van der Waals surface area contributed by atoms with E-state index in [9.17, 15) is 23.4 Å². The van der Waals surface area contributed by atoms with Gasteiger partial charge in [0.05, 0.1) is 17.5 Å². The third-order valence-electron chi connectivity index (χ3n) is 10.8. The van der Waals surface area contributed by atoms with Crippen molar-refractivity contribution in [1.82, 2.24) is 4.72 Å². The zero-order valence-electron chi connectivity index (χ0n) is 23.6. The number of nitrogens with one attached hydrogen (secondary N) is 1. The average molecular weight is 528 g/mol. The molecular weight excluding hydrogens is 474 g/mol. The summed E-state index contributed by atoms with van der Waals surface area (Å²) in [5, 5.41) is 21.5. The fourth-order valence-corrected chi connectivity index (χ4v) is 9.01. The van der Waals surface area contributed by atoms with Crippen molar-refractivity contribution in [3.05, 3.63) is 0 Å². The van der Waals surface area contributed by atoms with Crippen molar-refractivity contribution in [3.63, 3.8) is 0 Å². The quantitative estimate of drug-likeness (QED) is 0.418. The van der Waals surface area contributed by atoms with E-state index in [0.717, 1.165) is 57.8 Å². The Bertz CT molecular complexity index is 845. The molecule has 3 fully saturated rings. The standard InChI is InChI=1S/C29H53NO5S/c1-7-23-25-17-22(31)15-16-29(25,6)24-10-8-9-21(13-11-20(5)27(24)28(23)33)19(4)12-14-26(32)30-36(34,35)18(2)3/h18-25,27-28,31,33H,7-17H2,1-6H3,(H,30,32)/t19-,20?,21?,22-,23-,24+,25?,27+,28-,29?/m1/s1. The van der Waals surface area contributed by atoms with Crippen LogP contribution in [-0.4, -0.2) is 42.0 Å². The maximum absolute atomic E-state index is 12.3. The predicted molar refractivity (Wildman–Crippen MR) is 145 cm³/mol. The lowest BCUT2D eigenvalue weighted by molar-refractivity contribution is -0.173. The van der Waals surface area contributed by atoms with Gasteiger partial charge < -0.3 is 10.2 Å². The lowest BCUT2D eigenvalue weighted by Gasteiger charge is -2.60. The molecule has 0 heterocycles. The maximum Gasteiger partial charge on any atom is 0.237 e. The molecule has 6 nitrogen and oxygen atoms in total. The van der Waals surface area contributed by atoms with E-state index in [1.807, 2.05) is 0 Å². The number of hydrogen-bond acceptors (Lipinski definition) is 5. The molecule has 0 spiro atoms. The third kappa shape index (κ3) is 6.31. The van der Waals surface area contributed by atoms with Gasteiger partial charge in [-0.3, -0.25) is 9.52 Å². The Labute approximate surface area is 220 Å². The smallest absolute Gasteiger partial charge is 0.237 e. The number of hydrogen-bond donors (Lipinski definition) is 3. The van der Waals surface area contributed by atoms with Gasteiger partial charge in [-0.2, -0.15) is 0 Å². The van der Waals surface area contributed by atoms with E-state index in [4.69, 9.17) is 0 Å². The normalized spacial score (nSPS) is 40.8. The van der Waals surface area contributed by atoms with Crippen molar-refractivity contribution in [1.29, 1.82) is 0 Å². The molecule has 0 aromatic heterocycles. The molecule has 210 valence electrons. The van der Waals surface area contributed by atoms with E-state index < -0.39 is 21.2 Å². The van der Waals surface area contributed by atoms with Gasteiger partial charge in [0.15, 0.2) is 0 Å². The SMILES string of the molecule is CC[C@@H]1C2C[C@H](O)CCC2(C)[C@H]2CCCC([C@H](C)CCC(=O)NS(=O)(=O)C(C)C)CCC(C)[C@@H]2[C@@H]1O. The van der Waals surface area contributed by atoms with Gasteiger partial charge >= 0.3 is 0 Å². The second-order valence-corrected chi connectivity index (χ2v) is 15.4. The van der Waals surface area contributed by atoms with Gasteiger partial charge in [-0.15, -0.1) is 0 Å². The van der Waals surface area contributed by atoms with Crippen LogP contribution in [0.15, 0.2) is 0 Å². The first kappa shape index (κ1) is 29.9. The highest BCUT2D eigenvalue weighted by Crippen LogP contribution is 2.61. The summed E-state index contributed by atoms with van der Waals surface area (Å²) in [6.07, 6.45) is 9.72. The Hall–Kier alpha value is -0.660. The van der Waals surface area contributed by atoms with Crippen LogP contribution in [0.4, 0.5) is 0 Å². The molecule has 10 atom stereocenters. The van der Waals surface area contributed by atoms with Gasteiger partial charge in [0, 0.05) is 6.42 Å². The first-order valence-electron chi connectivity index (χ1n) is 14.7. The number of fused-ring (bicyclic) bond motifs is 3. The van der Waals surface area contributed by atoms with Gasteiger partial charge in [-0.1, -0.05) is 53.4 Å². The van der Waals surface area contributed by atoms with Crippen LogP contribution in [0.2, 0.25) is 0 Å². The Morgan fingerprint density at radius 3 is 2.39 bits per heavy atom. The molecule has 3 aliphatic rings. The number of sulfonamides is 1. The monoisotopic (exact) mass is 527 g/mol. The van der Waals surface area contributed by atoms with Crippen LogP contribution in [0.25, 0.3) is 0 Å². The van der Waals surface area contributed by atoms with E-state index in [-0.39, 0.29) is 30.0 Å². The number of aliphatic hydroxyl groups is 2. The Balaban J connectivity index is 1.69. The minimum Gasteiger partial charge on any atom is -0.393 e. The van der Waals surface area contributed by atoms with Crippen LogP contribution in [0.3, 0.4) is 0 Å². The number of amides is 1. The molecule has 0 bridgehead atoms. The first-order valence-corrected chi connectivity index (χ1v) is 16.3. The van der Waals surface area contributed by atoms with Crippen molar-refractivity contribution < 1.29 is 23.4 Å². The molecule has 3 aliphatic carbocycles. The molecule has 0 aliphatic heterocycles. The lowest BCUT2D eigenvalue weighted by atomic mass is 9.45. The highest BCUT2D eigenvalue weighted by Gasteiger charge is 2.57. The minimum atomic E-state index is -3.58. The molecule has 3 N–H and O–H groups in total. The first-order chi connectivity index (χ1) is 16.8. The Morgan fingerprint density at radius 1 is 1.06 bits per heavy atom. The minimum absolute atomic E-state index is 0.184. The van der Waals surface area contributed by atoms with Crippen LogP contribution in [0.5, 0.6) is 0 Å². The summed E-state index contributed by atoms with van der Waals surface area (Å²) < 4.78 is 26.3. The fourth-order valence-electron chi connectivity index (χ4n) is 8.35. The number of rotatable bonds is 7. The van der Waals surface area contributed by atoms with Crippen molar-refractivity contribution in [2.45, 2.75) is 130 Å². The molecule has 3 saturated carbocycles. The van der Waals surface area contributed by atoms with E-state index in [0.29, 0.717) is 41.9 Å². The number of carbonyl (C=O) groups excluding carboxylic acids is 1. The number of carbonyl (C=O) groups is 1. The summed E-state index contributed by atoms with van der Waals surface area (Å²) >= 11 is 0. The molecule has 1 amide bonds. The number of aliphatic hydroxyl groups excluding tert-OH is 2. The zero-order valence-corrected chi connectivity index (χ0v) is 24.4. The van der Waals surface area contributed by atoms with Gasteiger partial charge in [0.25, 0.3) is 0 Å². The molecule has 0 radical (unpaired) electrons. The Kier molecular flexibility index (Phi) is 9.98. The highest BCUT2D eigenvalue weighted by atomic mass is 32.2. The van der Waals surface area contributed by atoms with Gasteiger partial charge in [0.2, 0.25) is 15.9 Å². The summed E-state index contributed by atoms with van der Waals surface area (Å²) in [6.45, 7) is 12.4. The van der Waals surface area contributed by atoms with Crippen molar-refractivity contribution in [2.24, 2.45) is 46.8 Å². The van der Waals surface area contributed by atoms with Crippen LogP contribution >= 0.6 is 0 Å². The second kappa shape index (κ2) is 12.0. The molecular formula is C29H53NO5S. The zero-order chi connectivity index (χ0) is 26.8. The molecule has 4 unspecified atom stereocenters. The summed E-state index contributed by atoms with van der Waals surface area (Å²) in [5.74, 6) is 2.37. The van der Waals surface area contributed by atoms with Crippen molar-refractivity contribution in [3.8, 4) is 0 Å². The summed E-state index contributed by atoms with van der Waals surface area (Å²) in [4.78, 5) is 12.3. The molecule has 0 aromatic carbocycles. The van der Waals surface area contributed by atoms with Crippen LogP contribution in [0, 0.1) is 46.8 Å². The molecule has 7 heteroatoms. The van der Waals surface area contributed by atoms with Crippen LogP contribution < -0.4 is 4.72 Å². The van der Waals surface area contributed by atoms with Crippen LogP contribution in [0.1, 0.15) is 112 Å². The largest absolute Gasteiger partial charge is 0.393 e. The molecule has 0 aromatic rings. The van der Waals surface area contributed by atoms with E-state index in [1.165, 1.54) is 0 Å². The lowest BCUT2D eigenvalue weighted by Crippen LogP contribution is -2.58. The molecule has 36 heavy (non-hydrogen) atoms. The van der Waals surface area contributed by atoms with Gasteiger partial charge in [-0.25, -0.2) is 8.42 Å². The van der Waals surface area contributed by atoms with Crippen LogP contribution in [-0.2, 0) is 14.8 Å². The molecule has 0 saturated heterocycles. The average Bonchev–Trinajstić information content (AvgIpc) is 2.88. The fraction of sp³-hybridized carbons (Fsp3) is 0.966. The Morgan fingerprint density at radius 2 is 1.75 bits per heavy atom. The summed E-state index contributed by atoms with van der Waals surface area (Å²) in [6, 6.07) is 0. The topological polar surface area (TPSA) is 104 Å². The predicted octanol–water partition coefficient (Wildman–Crippen LogP) is 5.27. The maximum atomic E-state index is 12.3. The second-order valence-electron chi connectivity index (χ2n) is 13.2. The van der Waals surface area contributed by atoms with Gasteiger partial charge in [-0.05, 0) is 99.2 Å². The van der Waals surface area contributed by atoms with Gasteiger partial charge in [0.1, 0.15) is 0 Å². The summed E-state index contributed by atoms with van der Waals surface area (Å²) in [7, 11) is -3.58. The molecule has 3 rings (SSSR count).